The maximum atomic E-state index is 12.0. The van der Waals surface area contributed by atoms with Crippen LogP contribution in [0.2, 0.25) is 0 Å². The van der Waals surface area contributed by atoms with E-state index in [4.69, 9.17) is 9.47 Å². The summed E-state index contributed by atoms with van der Waals surface area (Å²) in [4.78, 5) is 34.3. The first-order valence-corrected chi connectivity index (χ1v) is 12.9. The highest BCUT2D eigenvalue weighted by Crippen LogP contribution is 2.40. The standard InChI is InChI=1S/C32H29NO7/c1-2-31(34)40-17-9-4-3-8-16-39-26-14-12-23-18-24(32(35)36)19-29(28(23)21-26)30-20-25(33(37)38)13-15-27(30)22-10-6-5-7-11-22/h2,5-7,10-15,18-21H,1,3-4,8-9,16-17H2,(H,35,36). The molecule has 40 heavy (non-hydrogen) atoms. The van der Waals surface area contributed by atoms with E-state index in [2.05, 4.69) is 6.58 Å². The van der Waals surface area contributed by atoms with Gasteiger partial charge in [0, 0.05) is 18.2 Å². The Morgan fingerprint density at radius 2 is 1.60 bits per heavy atom. The molecule has 0 unspecified atom stereocenters. The molecule has 0 saturated heterocycles. The van der Waals surface area contributed by atoms with E-state index in [1.54, 1.807) is 30.3 Å². The number of carboxylic acids is 1. The highest BCUT2D eigenvalue weighted by atomic mass is 16.6. The zero-order valence-corrected chi connectivity index (χ0v) is 21.9. The van der Waals surface area contributed by atoms with Crippen molar-refractivity contribution in [3.63, 3.8) is 0 Å². The Morgan fingerprint density at radius 3 is 2.30 bits per heavy atom. The van der Waals surface area contributed by atoms with Gasteiger partial charge in [-0.25, -0.2) is 9.59 Å². The molecule has 1 N–H and O–H groups in total. The Kier molecular flexibility index (Phi) is 9.25. The SMILES string of the molecule is C=CC(=O)OCCCCCCOc1ccc2cc(C(=O)O)cc(-c3cc([N+](=O)[O-])ccc3-c3ccccc3)c2c1. The first kappa shape index (κ1) is 28.0. The molecule has 0 aliphatic carbocycles. The van der Waals surface area contributed by atoms with E-state index in [1.807, 2.05) is 36.4 Å². The Labute approximate surface area is 231 Å². The number of carbonyl (C=O) groups is 2. The Bertz CT molecular complexity index is 1550. The lowest BCUT2D eigenvalue weighted by atomic mass is 9.89. The maximum Gasteiger partial charge on any atom is 0.335 e. The first-order chi connectivity index (χ1) is 19.4. The van der Waals surface area contributed by atoms with Crippen LogP contribution >= 0.6 is 0 Å². The second-order valence-electron chi connectivity index (χ2n) is 9.20. The van der Waals surface area contributed by atoms with E-state index in [1.165, 1.54) is 12.1 Å². The summed E-state index contributed by atoms with van der Waals surface area (Å²) >= 11 is 0. The highest BCUT2D eigenvalue weighted by molar-refractivity contribution is 6.05. The molecule has 0 saturated carbocycles. The quantitative estimate of drug-likeness (QED) is 0.0617. The van der Waals surface area contributed by atoms with Crippen LogP contribution in [0.15, 0.2) is 91.5 Å². The van der Waals surface area contributed by atoms with E-state index in [0.717, 1.165) is 48.3 Å². The Balaban J connectivity index is 1.63. The number of unbranched alkanes of at least 4 members (excludes halogenated alkanes) is 3. The van der Waals surface area contributed by atoms with E-state index < -0.39 is 16.9 Å². The minimum absolute atomic E-state index is 0.0838. The van der Waals surface area contributed by atoms with E-state index in [-0.39, 0.29) is 11.3 Å². The predicted molar refractivity (Wildman–Crippen MR) is 154 cm³/mol. The second kappa shape index (κ2) is 13.2. The van der Waals surface area contributed by atoms with Crippen LogP contribution in [0.25, 0.3) is 33.0 Å². The van der Waals surface area contributed by atoms with Crippen LogP contribution in [0.4, 0.5) is 5.69 Å². The summed E-state index contributed by atoms with van der Waals surface area (Å²) in [6.07, 6.45) is 4.51. The number of aromatic carboxylic acids is 1. The molecule has 0 aromatic heterocycles. The van der Waals surface area contributed by atoms with Gasteiger partial charge in [0.2, 0.25) is 0 Å². The normalized spacial score (nSPS) is 10.7. The first-order valence-electron chi connectivity index (χ1n) is 12.9. The molecular weight excluding hydrogens is 510 g/mol. The zero-order valence-electron chi connectivity index (χ0n) is 21.9. The number of hydrogen-bond acceptors (Lipinski definition) is 6. The third kappa shape index (κ3) is 6.91. The summed E-state index contributed by atoms with van der Waals surface area (Å²) in [5.41, 5.74) is 2.73. The molecule has 4 rings (SSSR count). The number of rotatable bonds is 13. The average Bonchev–Trinajstić information content (AvgIpc) is 2.97. The molecule has 8 heteroatoms. The summed E-state index contributed by atoms with van der Waals surface area (Å²) in [5, 5.41) is 22.9. The minimum Gasteiger partial charge on any atom is -0.494 e. The van der Waals surface area contributed by atoms with Gasteiger partial charge in [0.25, 0.3) is 5.69 Å². The van der Waals surface area contributed by atoms with Gasteiger partial charge in [-0.2, -0.15) is 0 Å². The Morgan fingerprint density at radius 1 is 0.850 bits per heavy atom. The van der Waals surface area contributed by atoms with Crippen LogP contribution in [0, 0.1) is 10.1 Å². The lowest BCUT2D eigenvalue weighted by Crippen LogP contribution is -2.02. The van der Waals surface area contributed by atoms with Crippen molar-refractivity contribution in [1.82, 2.24) is 0 Å². The van der Waals surface area contributed by atoms with Crippen LogP contribution in [0.1, 0.15) is 36.0 Å². The van der Waals surface area contributed by atoms with Crippen molar-refractivity contribution in [3.8, 4) is 28.0 Å². The molecule has 0 spiro atoms. The van der Waals surface area contributed by atoms with Crippen LogP contribution in [-0.2, 0) is 9.53 Å². The zero-order chi connectivity index (χ0) is 28.5. The summed E-state index contributed by atoms with van der Waals surface area (Å²) in [5.74, 6) is -0.895. The lowest BCUT2D eigenvalue weighted by Gasteiger charge is -2.15. The Hall–Kier alpha value is -4.98. The molecule has 4 aromatic carbocycles. The molecule has 4 aromatic rings. The minimum atomic E-state index is -1.09. The summed E-state index contributed by atoms with van der Waals surface area (Å²) in [7, 11) is 0. The van der Waals surface area contributed by atoms with Gasteiger partial charge >= 0.3 is 11.9 Å². The van der Waals surface area contributed by atoms with Crippen molar-refractivity contribution in [2.75, 3.05) is 13.2 Å². The summed E-state index contributed by atoms with van der Waals surface area (Å²) < 4.78 is 11.0. The number of hydrogen-bond donors (Lipinski definition) is 1. The molecular formula is C32H29NO7. The highest BCUT2D eigenvalue weighted by Gasteiger charge is 2.18. The number of carbonyl (C=O) groups excluding carboxylic acids is 1. The topological polar surface area (TPSA) is 116 Å². The van der Waals surface area contributed by atoms with Crippen molar-refractivity contribution >= 4 is 28.4 Å². The number of fused-ring (bicyclic) bond motifs is 1. The largest absolute Gasteiger partial charge is 0.494 e. The van der Waals surface area contributed by atoms with Gasteiger partial charge in [0.05, 0.1) is 23.7 Å². The van der Waals surface area contributed by atoms with Gasteiger partial charge < -0.3 is 14.6 Å². The number of benzene rings is 4. The predicted octanol–water partition coefficient (Wildman–Crippen LogP) is 7.45. The molecule has 204 valence electrons. The van der Waals surface area contributed by atoms with E-state index >= 15 is 0 Å². The number of nitro benzene ring substituents is 1. The fraction of sp³-hybridized carbons (Fsp3) is 0.188. The smallest absolute Gasteiger partial charge is 0.335 e. The van der Waals surface area contributed by atoms with Gasteiger partial charge in [-0.3, -0.25) is 10.1 Å². The fourth-order valence-corrected chi connectivity index (χ4v) is 4.49. The lowest BCUT2D eigenvalue weighted by molar-refractivity contribution is -0.384. The van der Waals surface area contributed by atoms with Crippen molar-refractivity contribution in [2.24, 2.45) is 0 Å². The van der Waals surface area contributed by atoms with Gasteiger partial charge in [-0.15, -0.1) is 0 Å². The second-order valence-corrected chi connectivity index (χ2v) is 9.20. The monoisotopic (exact) mass is 539 g/mol. The van der Waals surface area contributed by atoms with Crippen molar-refractivity contribution in [1.29, 1.82) is 0 Å². The number of ether oxygens (including phenoxy) is 2. The van der Waals surface area contributed by atoms with Gasteiger partial charge in [0.15, 0.2) is 0 Å². The van der Waals surface area contributed by atoms with Crippen LogP contribution in [0.3, 0.4) is 0 Å². The van der Waals surface area contributed by atoms with Gasteiger partial charge in [-0.05, 0) is 89.0 Å². The third-order valence-electron chi connectivity index (χ3n) is 6.48. The maximum absolute atomic E-state index is 12.0. The molecule has 0 radical (unpaired) electrons. The summed E-state index contributed by atoms with van der Waals surface area (Å²) in [6.45, 7) is 4.21. The van der Waals surface area contributed by atoms with Crippen molar-refractivity contribution in [2.45, 2.75) is 25.7 Å². The molecule has 0 amide bonds. The molecule has 0 aliphatic rings. The van der Waals surface area contributed by atoms with E-state index in [9.17, 15) is 24.8 Å². The number of nitrogens with zero attached hydrogens (tertiary/aromatic N) is 1. The van der Waals surface area contributed by atoms with Crippen molar-refractivity contribution < 1.29 is 29.1 Å². The molecule has 0 atom stereocenters. The van der Waals surface area contributed by atoms with Crippen LogP contribution < -0.4 is 4.74 Å². The molecule has 8 nitrogen and oxygen atoms in total. The molecule has 0 fully saturated rings. The summed E-state index contributed by atoms with van der Waals surface area (Å²) in [6, 6.07) is 22.7. The molecule has 0 heterocycles. The van der Waals surface area contributed by atoms with Gasteiger partial charge in [-0.1, -0.05) is 43.0 Å². The fourth-order valence-electron chi connectivity index (χ4n) is 4.49. The van der Waals surface area contributed by atoms with E-state index in [0.29, 0.717) is 35.5 Å². The third-order valence-corrected chi connectivity index (χ3v) is 6.48. The molecule has 0 aliphatic heterocycles. The number of non-ortho nitro benzene ring substituents is 1. The number of nitro groups is 1. The average molecular weight is 540 g/mol. The van der Waals surface area contributed by atoms with Crippen LogP contribution in [0.5, 0.6) is 5.75 Å². The van der Waals surface area contributed by atoms with Crippen LogP contribution in [-0.4, -0.2) is 35.2 Å². The number of esters is 1. The van der Waals surface area contributed by atoms with Gasteiger partial charge in [0.1, 0.15) is 5.75 Å². The van der Waals surface area contributed by atoms with Crippen molar-refractivity contribution in [3.05, 3.63) is 107 Å². The number of carboxylic acid groups (broad SMARTS) is 1. The molecule has 0 bridgehead atoms.